The molecule has 1 saturated carbocycles. The molecule has 2 fully saturated rings. The lowest BCUT2D eigenvalue weighted by atomic mass is 9.70. The zero-order valence-electron chi connectivity index (χ0n) is 15.0. The highest BCUT2D eigenvalue weighted by atomic mass is 16.3. The van der Waals surface area contributed by atoms with Gasteiger partial charge in [0.25, 0.3) is 0 Å². The van der Waals surface area contributed by atoms with Crippen molar-refractivity contribution in [3.8, 4) is 0 Å². The first-order chi connectivity index (χ1) is 11.5. The molecule has 2 heterocycles. The van der Waals surface area contributed by atoms with Crippen LogP contribution >= 0.6 is 0 Å². The molecular weight excluding hydrogens is 300 g/mol. The highest BCUT2D eigenvalue weighted by Crippen LogP contribution is 2.44. The van der Waals surface area contributed by atoms with Crippen LogP contribution in [0.1, 0.15) is 57.9 Å². The molecular formula is C20H30N2O2. The van der Waals surface area contributed by atoms with E-state index in [2.05, 4.69) is 24.9 Å². The number of hydrogen-bond donors (Lipinski definition) is 1. The maximum atomic E-state index is 13.6. The zero-order chi connectivity index (χ0) is 17.2. The molecule has 1 aromatic rings. The fraction of sp³-hybridized carbons (Fsp3) is 0.700. The third kappa shape index (κ3) is 2.85. The van der Waals surface area contributed by atoms with Gasteiger partial charge >= 0.3 is 0 Å². The van der Waals surface area contributed by atoms with E-state index in [4.69, 9.17) is 0 Å². The molecule has 0 bridgehead atoms. The zero-order valence-corrected chi connectivity index (χ0v) is 15.0. The van der Waals surface area contributed by atoms with E-state index in [0.29, 0.717) is 12.5 Å². The van der Waals surface area contributed by atoms with Gasteiger partial charge in [-0.1, -0.05) is 32.8 Å². The van der Waals surface area contributed by atoms with Crippen molar-refractivity contribution in [1.29, 1.82) is 0 Å². The third-order valence-electron chi connectivity index (χ3n) is 6.52. The average molecular weight is 330 g/mol. The minimum atomic E-state index is -0.399. The van der Waals surface area contributed by atoms with Crippen LogP contribution in [-0.4, -0.2) is 40.6 Å². The molecule has 132 valence electrons. The number of pyridine rings is 1. The molecule has 0 radical (unpaired) electrons. The molecule has 2 aliphatic rings. The fourth-order valence-electron chi connectivity index (χ4n) is 4.67. The molecule has 1 N–H and O–H groups in total. The topological polar surface area (TPSA) is 53.4 Å². The standard InChI is InChI=1S/C20H30N2O2/c1-16(2)19(15-23)8-6-12-22(14-19)18(24)20(9-3-4-10-20)17-7-5-11-21-13-17/h5,7,11,13,16,23H,3-4,6,8-10,12,14-15H2,1-2H3. The van der Waals surface area contributed by atoms with Gasteiger partial charge in [-0.05, 0) is 43.2 Å². The van der Waals surface area contributed by atoms with Crippen molar-refractivity contribution in [3.63, 3.8) is 0 Å². The first-order valence-electron chi connectivity index (χ1n) is 9.35. The van der Waals surface area contributed by atoms with Crippen LogP contribution in [0, 0.1) is 11.3 Å². The van der Waals surface area contributed by atoms with Crippen LogP contribution in [0.4, 0.5) is 0 Å². The number of hydrogen-bond acceptors (Lipinski definition) is 3. The summed E-state index contributed by atoms with van der Waals surface area (Å²) < 4.78 is 0. The van der Waals surface area contributed by atoms with Crippen molar-refractivity contribution in [3.05, 3.63) is 30.1 Å². The average Bonchev–Trinajstić information content (AvgIpc) is 3.12. The highest BCUT2D eigenvalue weighted by Gasteiger charge is 2.48. The second kappa shape index (κ2) is 6.83. The number of aliphatic hydroxyl groups is 1. The lowest BCUT2D eigenvalue weighted by molar-refractivity contribution is -0.143. The second-order valence-electron chi connectivity index (χ2n) is 8.04. The summed E-state index contributed by atoms with van der Waals surface area (Å²) in [6, 6.07) is 3.99. The van der Waals surface area contributed by atoms with E-state index in [9.17, 15) is 9.90 Å². The number of amides is 1. The number of carbonyl (C=O) groups excluding carboxylic acids is 1. The van der Waals surface area contributed by atoms with Gasteiger partial charge in [-0.3, -0.25) is 9.78 Å². The van der Waals surface area contributed by atoms with Crippen LogP contribution in [0.2, 0.25) is 0 Å². The number of aliphatic hydroxyl groups excluding tert-OH is 1. The molecule has 4 heteroatoms. The molecule has 0 aromatic carbocycles. The summed E-state index contributed by atoms with van der Waals surface area (Å²) in [5.41, 5.74) is 0.518. The molecule has 3 rings (SSSR count). The molecule has 1 aliphatic carbocycles. The van der Waals surface area contributed by atoms with Crippen LogP contribution in [0.5, 0.6) is 0 Å². The van der Waals surface area contributed by atoms with Crippen molar-refractivity contribution in [2.24, 2.45) is 11.3 Å². The molecule has 24 heavy (non-hydrogen) atoms. The molecule has 1 aromatic heterocycles. The molecule has 1 unspecified atom stereocenters. The summed E-state index contributed by atoms with van der Waals surface area (Å²) >= 11 is 0. The Bertz CT molecular complexity index is 566. The largest absolute Gasteiger partial charge is 0.396 e. The van der Waals surface area contributed by atoms with E-state index in [1.54, 1.807) is 6.20 Å². The summed E-state index contributed by atoms with van der Waals surface area (Å²) in [4.78, 5) is 19.9. The van der Waals surface area contributed by atoms with Crippen LogP contribution in [0.25, 0.3) is 0 Å². The van der Waals surface area contributed by atoms with Gasteiger partial charge in [-0.15, -0.1) is 0 Å². The van der Waals surface area contributed by atoms with Crippen LogP contribution < -0.4 is 0 Å². The number of aromatic nitrogens is 1. The predicted molar refractivity (Wildman–Crippen MR) is 94.6 cm³/mol. The van der Waals surface area contributed by atoms with Gasteiger partial charge in [-0.25, -0.2) is 0 Å². The molecule has 1 aliphatic heterocycles. The van der Waals surface area contributed by atoms with Gasteiger partial charge in [0.15, 0.2) is 0 Å². The Labute approximate surface area is 145 Å². The van der Waals surface area contributed by atoms with Gasteiger partial charge in [0.2, 0.25) is 5.91 Å². The summed E-state index contributed by atoms with van der Waals surface area (Å²) in [6.45, 7) is 5.99. The molecule has 1 amide bonds. The molecule has 1 atom stereocenters. The van der Waals surface area contributed by atoms with Crippen LogP contribution in [-0.2, 0) is 10.2 Å². The van der Waals surface area contributed by atoms with Crippen LogP contribution in [0.3, 0.4) is 0 Å². The van der Waals surface area contributed by atoms with Crippen LogP contribution in [0.15, 0.2) is 24.5 Å². The third-order valence-corrected chi connectivity index (χ3v) is 6.52. The highest BCUT2D eigenvalue weighted by molar-refractivity contribution is 5.88. The summed E-state index contributed by atoms with van der Waals surface area (Å²) in [5.74, 6) is 0.627. The number of nitrogens with zero attached hydrogens (tertiary/aromatic N) is 2. The van der Waals surface area contributed by atoms with Gasteiger partial charge in [0, 0.05) is 30.9 Å². The Morgan fingerprint density at radius 2 is 2.04 bits per heavy atom. The number of likely N-dealkylation sites (tertiary alicyclic amines) is 1. The van der Waals surface area contributed by atoms with E-state index in [1.807, 2.05) is 17.2 Å². The SMILES string of the molecule is CC(C)C1(CO)CCCN(C(=O)C2(c3cccnc3)CCCC2)C1. The van der Waals surface area contributed by atoms with Crippen molar-refractivity contribution >= 4 is 5.91 Å². The molecule has 4 nitrogen and oxygen atoms in total. The number of rotatable bonds is 4. The first kappa shape index (κ1) is 17.4. The Morgan fingerprint density at radius 1 is 1.29 bits per heavy atom. The van der Waals surface area contributed by atoms with E-state index in [-0.39, 0.29) is 17.9 Å². The predicted octanol–water partition coefficient (Wildman–Crippen LogP) is 3.15. The van der Waals surface area contributed by atoms with Crippen molar-refractivity contribution < 1.29 is 9.90 Å². The number of piperidine rings is 1. The van der Waals surface area contributed by atoms with E-state index in [0.717, 1.165) is 50.6 Å². The Kier molecular flexibility index (Phi) is 4.95. The molecule has 1 saturated heterocycles. The van der Waals surface area contributed by atoms with Gasteiger partial charge in [0.1, 0.15) is 0 Å². The van der Waals surface area contributed by atoms with E-state index >= 15 is 0 Å². The lowest BCUT2D eigenvalue weighted by Gasteiger charge is -2.47. The summed E-state index contributed by atoms with van der Waals surface area (Å²) in [7, 11) is 0. The first-order valence-corrected chi connectivity index (χ1v) is 9.35. The second-order valence-corrected chi connectivity index (χ2v) is 8.04. The van der Waals surface area contributed by atoms with Crippen molar-refractivity contribution in [2.75, 3.05) is 19.7 Å². The minimum Gasteiger partial charge on any atom is -0.396 e. The summed E-state index contributed by atoms with van der Waals surface area (Å²) in [6.07, 6.45) is 9.66. The number of carbonyl (C=O) groups is 1. The minimum absolute atomic E-state index is 0.150. The Hall–Kier alpha value is -1.42. The lowest BCUT2D eigenvalue weighted by Crippen LogP contribution is -2.55. The van der Waals surface area contributed by atoms with E-state index in [1.165, 1.54) is 0 Å². The molecule has 0 spiro atoms. The maximum Gasteiger partial charge on any atom is 0.233 e. The fourth-order valence-corrected chi connectivity index (χ4v) is 4.67. The van der Waals surface area contributed by atoms with Crippen molar-refractivity contribution in [1.82, 2.24) is 9.88 Å². The smallest absolute Gasteiger partial charge is 0.233 e. The normalized spacial score (nSPS) is 26.8. The van der Waals surface area contributed by atoms with Gasteiger partial charge < -0.3 is 10.0 Å². The Morgan fingerprint density at radius 3 is 2.62 bits per heavy atom. The quantitative estimate of drug-likeness (QED) is 0.923. The van der Waals surface area contributed by atoms with Crippen molar-refractivity contribution in [2.45, 2.75) is 57.8 Å². The monoisotopic (exact) mass is 330 g/mol. The van der Waals surface area contributed by atoms with Gasteiger partial charge in [-0.2, -0.15) is 0 Å². The Balaban J connectivity index is 1.89. The maximum absolute atomic E-state index is 13.6. The summed E-state index contributed by atoms with van der Waals surface area (Å²) in [5, 5.41) is 10.0. The van der Waals surface area contributed by atoms with E-state index < -0.39 is 5.41 Å². The van der Waals surface area contributed by atoms with Gasteiger partial charge in [0.05, 0.1) is 12.0 Å².